The SMILES string of the molecule is COc1ccc(C(NC(=O)c2ccc(Cl)cc2)NC(=O)c2ccc(Cl)cc2)cc1OC(C)C. The number of hydrogen-bond donors (Lipinski definition) is 2. The van der Waals surface area contributed by atoms with E-state index in [1.807, 2.05) is 13.8 Å². The van der Waals surface area contributed by atoms with E-state index in [1.54, 1.807) is 73.8 Å². The number of rotatable bonds is 8. The number of amides is 2. The molecule has 3 aromatic carbocycles. The van der Waals surface area contributed by atoms with Crippen molar-refractivity contribution >= 4 is 35.0 Å². The zero-order valence-corrected chi connectivity index (χ0v) is 19.9. The summed E-state index contributed by atoms with van der Waals surface area (Å²) in [6, 6.07) is 18.1. The predicted molar refractivity (Wildman–Crippen MR) is 129 cm³/mol. The highest BCUT2D eigenvalue weighted by atomic mass is 35.5. The first-order valence-electron chi connectivity index (χ1n) is 10.2. The van der Waals surface area contributed by atoms with Crippen molar-refractivity contribution in [1.29, 1.82) is 0 Å². The van der Waals surface area contributed by atoms with Crippen LogP contribution in [0.25, 0.3) is 0 Å². The number of nitrogens with one attached hydrogen (secondary N) is 2. The first-order valence-corrected chi connectivity index (χ1v) is 11.0. The zero-order chi connectivity index (χ0) is 24.0. The summed E-state index contributed by atoms with van der Waals surface area (Å²) >= 11 is 11.9. The van der Waals surface area contributed by atoms with Crippen LogP contribution in [-0.2, 0) is 0 Å². The lowest BCUT2D eigenvalue weighted by Gasteiger charge is -2.23. The average molecular weight is 487 g/mol. The number of hydrogen-bond acceptors (Lipinski definition) is 4. The summed E-state index contributed by atoms with van der Waals surface area (Å²) in [5.74, 6) is 0.279. The molecule has 6 nitrogen and oxygen atoms in total. The fraction of sp³-hybridized carbons (Fsp3) is 0.200. The topological polar surface area (TPSA) is 76.7 Å². The molecule has 0 spiro atoms. The van der Waals surface area contributed by atoms with Crippen LogP contribution in [0.2, 0.25) is 10.0 Å². The minimum atomic E-state index is -0.850. The smallest absolute Gasteiger partial charge is 0.253 e. The molecule has 0 atom stereocenters. The highest BCUT2D eigenvalue weighted by Gasteiger charge is 2.21. The molecular formula is C25H24Cl2N2O4. The lowest BCUT2D eigenvalue weighted by Crippen LogP contribution is -2.41. The third kappa shape index (κ3) is 6.63. The van der Waals surface area contributed by atoms with E-state index in [0.717, 1.165) is 0 Å². The maximum atomic E-state index is 12.9. The molecule has 33 heavy (non-hydrogen) atoms. The Bertz CT molecular complexity index is 1060. The van der Waals surface area contributed by atoms with Crippen molar-refractivity contribution in [1.82, 2.24) is 10.6 Å². The van der Waals surface area contributed by atoms with Crippen LogP contribution in [0.5, 0.6) is 11.5 Å². The zero-order valence-electron chi connectivity index (χ0n) is 18.4. The van der Waals surface area contributed by atoms with Crippen molar-refractivity contribution < 1.29 is 19.1 Å². The molecule has 8 heteroatoms. The summed E-state index contributed by atoms with van der Waals surface area (Å²) in [7, 11) is 1.55. The fourth-order valence-electron chi connectivity index (χ4n) is 3.05. The molecule has 0 saturated carbocycles. The van der Waals surface area contributed by atoms with E-state index in [9.17, 15) is 9.59 Å². The first kappa shape index (κ1) is 24.4. The van der Waals surface area contributed by atoms with Crippen molar-refractivity contribution in [2.75, 3.05) is 7.11 Å². The molecule has 3 aromatic rings. The van der Waals surface area contributed by atoms with Crippen LogP contribution in [0.3, 0.4) is 0 Å². The minimum absolute atomic E-state index is 0.0973. The predicted octanol–water partition coefficient (Wildman–Crippen LogP) is 5.65. The quantitative estimate of drug-likeness (QED) is 0.403. The number of benzene rings is 3. The summed E-state index contributed by atoms with van der Waals surface area (Å²) in [6.45, 7) is 3.79. The molecule has 0 heterocycles. The average Bonchev–Trinajstić information content (AvgIpc) is 2.79. The molecule has 0 fully saturated rings. The van der Waals surface area contributed by atoms with E-state index in [0.29, 0.717) is 38.2 Å². The molecular weight excluding hydrogens is 463 g/mol. The molecule has 3 rings (SSSR count). The second kappa shape index (κ2) is 11.1. The minimum Gasteiger partial charge on any atom is -0.493 e. The van der Waals surface area contributed by atoms with Gasteiger partial charge in [-0.3, -0.25) is 9.59 Å². The van der Waals surface area contributed by atoms with Gasteiger partial charge in [-0.25, -0.2) is 0 Å². The summed E-state index contributed by atoms with van der Waals surface area (Å²) in [5, 5.41) is 6.76. The number of carbonyl (C=O) groups is 2. The van der Waals surface area contributed by atoms with Gasteiger partial charge in [0.15, 0.2) is 11.5 Å². The van der Waals surface area contributed by atoms with Gasteiger partial charge in [-0.1, -0.05) is 29.3 Å². The normalized spacial score (nSPS) is 10.8. The second-order valence-electron chi connectivity index (χ2n) is 7.47. The van der Waals surface area contributed by atoms with Crippen LogP contribution in [0.15, 0.2) is 66.7 Å². The third-order valence-electron chi connectivity index (χ3n) is 4.65. The molecule has 0 aliphatic heterocycles. The van der Waals surface area contributed by atoms with Gasteiger partial charge in [0.1, 0.15) is 6.17 Å². The van der Waals surface area contributed by atoms with Gasteiger partial charge in [0.2, 0.25) is 0 Å². The number of methoxy groups -OCH3 is 1. The molecule has 0 aliphatic carbocycles. The third-order valence-corrected chi connectivity index (χ3v) is 5.15. The molecule has 0 aromatic heterocycles. The largest absolute Gasteiger partial charge is 0.493 e. The number of carbonyl (C=O) groups excluding carboxylic acids is 2. The maximum Gasteiger partial charge on any atom is 0.253 e. The first-order chi connectivity index (χ1) is 15.8. The highest BCUT2D eigenvalue weighted by molar-refractivity contribution is 6.31. The van der Waals surface area contributed by atoms with Gasteiger partial charge in [-0.05, 0) is 80.1 Å². The Balaban J connectivity index is 1.93. The van der Waals surface area contributed by atoms with E-state index < -0.39 is 6.17 Å². The van der Waals surface area contributed by atoms with Gasteiger partial charge >= 0.3 is 0 Å². The van der Waals surface area contributed by atoms with Gasteiger partial charge in [0.25, 0.3) is 11.8 Å². The van der Waals surface area contributed by atoms with Crippen molar-refractivity contribution in [3.63, 3.8) is 0 Å². The number of ether oxygens (including phenoxy) is 2. The molecule has 172 valence electrons. The van der Waals surface area contributed by atoms with Gasteiger partial charge in [-0.2, -0.15) is 0 Å². The van der Waals surface area contributed by atoms with Crippen molar-refractivity contribution in [2.45, 2.75) is 26.1 Å². The van der Waals surface area contributed by atoms with E-state index in [-0.39, 0.29) is 17.9 Å². The van der Waals surface area contributed by atoms with Crippen LogP contribution in [-0.4, -0.2) is 25.0 Å². The van der Waals surface area contributed by atoms with Crippen molar-refractivity contribution in [3.8, 4) is 11.5 Å². The Hall–Kier alpha value is -3.22. The Morgan fingerprint density at radius 1 is 0.758 bits per heavy atom. The van der Waals surface area contributed by atoms with E-state index >= 15 is 0 Å². The summed E-state index contributed by atoms with van der Waals surface area (Å²) in [6.07, 6.45) is -0.948. The monoisotopic (exact) mass is 486 g/mol. The van der Waals surface area contributed by atoms with E-state index in [2.05, 4.69) is 10.6 Å². The Morgan fingerprint density at radius 2 is 1.24 bits per heavy atom. The fourth-order valence-corrected chi connectivity index (χ4v) is 3.30. The molecule has 0 aliphatic rings. The Labute approximate surface area is 202 Å². The van der Waals surface area contributed by atoms with Gasteiger partial charge < -0.3 is 20.1 Å². The van der Waals surface area contributed by atoms with Crippen LogP contribution in [0, 0.1) is 0 Å². The summed E-state index contributed by atoms with van der Waals surface area (Å²) < 4.78 is 11.2. The lowest BCUT2D eigenvalue weighted by atomic mass is 10.1. The van der Waals surface area contributed by atoms with E-state index in [4.69, 9.17) is 32.7 Å². The Kier molecular flexibility index (Phi) is 8.20. The second-order valence-corrected chi connectivity index (χ2v) is 8.34. The molecule has 0 unspecified atom stereocenters. The molecule has 0 saturated heterocycles. The lowest BCUT2D eigenvalue weighted by molar-refractivity contribution is 0.0883. The van der Waals surface area contributed by atoms with Crippen LogP contribution in [0.4, 0.5) is 0 Å². The molecule has 0 radical (unpaired) electrons. The van der Waals surface area contributed by atoms with Crippen molar-refractivity contribution in [3.05, 3.63) is 93.5 Å². The van der Waals surface area contributed by atoms with Gasteiger partial charge in [0, 0.05) is 21.2 Å². The van der Waals surface area contributed by atoms with Gasteiger partial charge in [0.05, 0.1) is 13.2 Å². The van der Waals surface area contributed by atoms with Crippen LogP contribution >= 0.6 is 23.2 Å². The maximum absolute atomic E-state index is 12.9. The van der Waals surface area contributed by atoms with Crippen LogP contribution in [0.1, 0.15) is 46.3 Å². The summed E-state index contributed by atoms with van der Waals surface area (Å²) in [5.41, 5.74) is 1.41. The standard InChI is InChI=1S/C25H24Cl2N2O4/c1-15(2)33-22-14-18(8-13-21(22)32-3)23(28-24(30)16-4-9-19(26)10-5-16)29-25(31)17-6-11-20(27)12-7-17/h4-15,23H,1-3H3,(H,28,30)(H,29,31). The highest BCUT2D eigenvalue weighted by Crippen LogP contribution is 2.31. The molecule has 2 amide bonds. The Morgan fingerprint density at radius 3 is 1.67 bits per heavy atom. The van der Waals surface area contributed by atoms with Crippen LogP contribution < -0.4 is 20.1 Å². The summed E-state index contributed by atoms with van der Waals surface area (Å²) in [4.78, 5) is 25.8. The van der Waals surface area contributed by atoms with Crippen molar-refractivity contribution in [2.24, 2.45) is 0 Å². The molecule has 2 N–H and O–H groups in total. The van der Waals surface area contributed by atoms with Gasteiger partial charge in [-0.15, -0.1) is 0 Å². The number of halogens is 2. The van der Waals surface area contributed by atoms with E-state index in [1.165, 1.54) is 0 Å². The molecule has 0 bridgehead atoms.